The molecule has 2 aliphatic heterocycles. The lowest BCUT2D eigenvalue weighted by Crippen LogP contribution is -2.59. The van der Waals surface area contributed by atoms with Crippen molar-refractivity contribution in [2.45, 2.75) is 77.2 Å². The number of hydrogen-bond acceptors (Lipinski definition) is 11. The van der Waals surface area contributed by atoms with Gasteiger partial charge in [0.25, 0.3) is 0 Å². The number of fused-ring (bicyclic) bond motifs is 1. The molecular weight excluding hydrogens is 663 g/mol. The highest BCUT2D eigenvalue weighted by Crippen LogP contribution is 2.39. The summed E-state index contributed by atoms with van der Waals surface area (Å²) in [6, 6.07) is 17.4. The second-order valence-electron chi connectivity index (χ2n) is 11.8. The molecule has 0 bridgehead atoms. The summed E-state index contributed by atoms with van der Waals surface area (Å²) in [5, 5.41) is 0.458. The van der Waals surface area contributed by atoms with Crippen LogP contribution in [0.2, 0.25) is 5.02 Å². The summed E-state index contributed by atoms with van der Waals surface area (Å²) < 4.78 is 53.8. The minimum absolute atomic E-state index is 0.247. The number of para-hydroxylation sites is 1. The maximum Gasteiger partial charge on any atom is 0.303 e. The van der Waals surface area contributed by atoms with Crippen molar-refractivity contribution in [3.8, 4) is 11.5 Å². The van der Waals surface area contributed by atoms with Crippen LogP contribution in [0.15, 0.2) is 60.7 Å². The molecule has 0 aliphatic carbocycles. The molecule has 13 heteroatoms. The Kier molecular flexibility index (Phi) is 11.4. The molecule has 49 heavy (non-hydrogen) atoms. The summed E-state index contributed by atoms with van der Waals surface area (Å²) >= 11 is 6.62. The molecule has 0 amide bonds. The van der Waals surface area contributed by atoms with Crippen LogP contribution in [0.25, 0.3) is 0 Å². The van der Waals surface area contributed by atoms with Crippen molar-refractivity contribution in [1.82, 2.24) is 0 Å². The highest BCUT2D eigenvalue weighted by molar-refractivity contribution is 6.31. The smallest absolute Gasteiger partial charge is 0.303 e. The second-order valence-corrected chi connectivity index (χ2v) is 12.2. The molecule has 1 fully saturated rings. The van der Waals surface area contributed by atoms with Crippen LogP contribution in [0, 0.1) is 5.82 Å². The van der Waals surface area contributed by atoms with Crippen LogP contribution in [-0.2, 0) is 55.7 Å². The molecule has 6 atom stereocenters. The second kappa shape index (κ2) is 15.7. The van der Waals surface area contributed by atoms with Crippen LogP contribution >= 0.6 is 11.6 Å². The molecule has 0 spiro atoms. The Morgan fingerprint density at radius 2 is 1.49 bits per heavy atom. The number of halogens is 2. The van der Waals surface area contributed by atoms with Gasteiger partial charge in [-0.25, -0.2) is 4.39 Å². The van der Waals surface area contributed by atoms with Gasteiger partial charge in [-0.15, -0.1) is 0 Å². The Morgan fingerprint density at radius 1 is 0.816 bits per heavy atom. The molecule has 5 rings (SSSR count). The molecule has 2 aliphatic rings. The first kappa shape index (κ1) is 35.6. The summed E-state index contributed by atoms with van der Waals surface area (Å²) in [4.78, 5) is 48.2. The van der Waals surface area contributed by atoms with Gasteiger partial charge in [0.2, 0.25) is 0 Å². The van der Waals surface area contributed by atoms with Gasteiger partial charge in [-0.3, -0.25) is 19.2 Å². The highest BCUT2D eigenvalue weighted by Gasteiger charge is 2.52. The van der Waals surface area contributed by atoms with Gasteiger partial charge in [-0.1, -0.05) is 48.0 Å². The molecule has 0 saturated carbocycles. The van der Waals surface area contributed by atoms with E-state index in [0.29, 0.717) is 34.7 Å². The number of hydrogen-bond donors (Lipinski definition) is 0. The molecule has 3 aromatic rings. The predicted molar refractivity (Wildman–Crippen MR) is 172 cm³/mol. The van der Waals surface area contributed by atoms with Crippen LogP contribution in [0.4, 0.5) is 4.39 Å². The summed E-state index contributed by atoms with van der Waals surface area (Å²) in [6.45, 7) is 4.64. The van der Waals surface area contributed by atoms with E-state index in [9.17, 15) is 23.6 Å². The molecule has 260 valence electrons. The van der Waals surface area contributed by atoms with Gasteiger partial charge in [0.05, 0.1) is 0 Å². The van der Waals surface area contributed by atoms with Gasteiger partial charge >= 0.3 is 23.9 Å². The van der Waals surface area contributed by atoms with Crippen molar-refractivity contribution in [3.63, 3.8) is 0 Å². The van der Waals surface area contributed by atoms with Crippen molar-refractivity contribution in [2.75, 3.05) is 13.2 Å². The predicted octanol–water partition coefficient (Wildman–Crippen LogP) is 5.25. The van der Waals surface area contributed by atoms with Gasteiger partial charge < -0.3 is 33.2 Å². The van der Waals surface area contributed by atoms with E-state index in [2.05, 4.69) is 0 Å². The number of carbonyl (C=O) groups is 4. The van der Waals surface area contributed by atoms with E-state index in [1.54, 1.807) is 24.3 Å². The van der Waals surface area contributed by atoms with Gasteiger partial charge in [0.1, 0.15) is 37.3 Å². The first-order valence-electron chi connectivity index (χ1n) is 15.6. The molecular formula is C36H36ClFO11. The molecule has 0 radical (unpaired) electrons. The van der Waals surface area contributed by atoms with Crippen molar-refractivity contribution in [3.05, 3.63) is 93.8 Å². The van der Waals surface area contributed by atoms with E-state index < -0.39 is 54.4 Å². The van der Waals surface area contributed by atoms with Crippen molar-refractivity contribution in [2.24, 2.45) is 0 Å². The Bertz CT molecular complexity index is 1690. The van der Waals surface area contributed by atoms with Crippen LogP contribution in [0.3, 0.4) is 0 Å². The van der Waals surface area contributed by atoms with Gasteiger partial charge in [0.15, 0.2) is 29.9 Å². The van der Waals surface area contributed by atoms with E-state index in [-0.39, 0.29) is 30.9 Å². The van der Waals surface area contributed by atoms with E-state index in [0.717, 1.165) is 18.1 Å². The molecule has 1 unspecified atom stereocenters. The number of benzene rings is 3. The third kappa shape index (κ3) is 9.07. The van der Waals surface area contributed by atoms with Crippen LogP contribution < -0.4 is 9.47 Å². The molecule has 2 heterocycles. The zero-order valence-electron chi connectivity index (χ0n) is 27.3. The molecule has 0 N–H and O–H groups in total. The SMILES string of the molecule is CC(=O)OC[C@H]1O[C@@H](c2ccc(Cl)c(Cc3ccc(OCC4Cc5cccc(F)c5O4)cc3)c2)[C@H](OC(C)=O)[C@@H](OC(C)=O)[C@@H]1OC(C)=O. The molecule has 0 aromatic heterocycles. The summed E-state index contributed by atoms with van der Waals surface area (Å²) in [6.07, 6.45) is -5.25. The fourth-order valence-corrected chi connectivity index (χ4v) is 6.09. The fourth-order valence-electron chi connectivity index (χ4n) is 5.91. The van der Waals surface area contributed by atoms with Crippen LogP contribution in [0.1, 0.15) is 56.1 Å². The monoisotopic (exact) mass is 698 g/mol. The molecule has 1 saturated heterocycles. The number of ether oxygens (including phenoxy) is 7. The lowest BCUT2D eigenvalue weighted by molar-refractivity contribution is -0.254. The summed E-state index contributed by atoms with van der Waals surface area (Å²) in [5.74, 6) is -2.23. The van der Waals surface area contributed by atoms with Crippen molar-refractivity contribution < 1.29 is 56.7 Å². The van der Waals surface area contributed by atoms with Crippen molar-refractivity contribution in [1.29, 1.82) is 0 Å². The van der Waals surface area contributed by atoms with E-state index >= 15 is 0 Å². The average molecular weight is 699 g/mol. The minimum atomic E-state index is -1.29. The number of rotatable bonds is 11. The van der Waals surface area contributed by atoms with Crippen LogP contribution in [0.5, 0.6) is 11.5 Å². The van der Waals surface area contributed by atoms with Crippen LogP contribution in [-0.4, -0.2) is 67.6 Å². The maximum atomic E-state index is 14.0. The zero-order chi connectivity index (χ0) is 35.2. The topological polar surface area (TPSA) is 133 Å². The summed E-state index contributed by atoms with van der Waals surface area (Å²) in [5.41, 5.74) is 2.94. The first-order chi connectivity index (χ1) is 23.4. The molecule has 11 nitrogen and oxygen atoms in total. The van der Waals surface area contributed by atoms with Crippen molar-refractivity contribution >= 4 is 35.5 Å². The standard InChI is InChI=1S/C36H36ClFO11/c1-19(39)43-18-31-34(45-20(2)40)36(47-22(4)42)35(46-21(3)41)33(49-31)25-10-13-29(37)26(15-25)14-23-8-11-27(12-9-23)44-17-28-16-24-6-5-7-30(38)32(24)48-28/h5-13,15,28,31,33-36H,14,16-18H2,1-4H3/t28?,31-,33+,34-,35+,36+/m1/s1. The van der Waals surface area contributed by atoms with Gasteiger partial charge in [0, 0.05) is 44.7 Å². The number of esters is 4. The Labute approximate surface area is 287 Å². The molecule has 3 aromatic carbocycles. The zero-order valence-corrected chi connectivity index (χ0v) is 28.1. The average Bonchev–Trinajstić information content (AvgIpc) is 3.47. The third-order valence-electron chi connectivity index (χ3n) is 7.92. The Hall–Kier alpha value is -4.68. The quantitative estimate of drug-likeness (QED) is 0.192. The Balaban J connectivity index is 1.34. The van der Waals surface area contributed by atoms with E-state index in [1.165, 1.54) is 26.8 Å². The normalized spacial score (nSPS) is 22.7. The fraction of sp³-hybridized carbons (Fsp3) is 0.389. The lowest BCUT2D eigenvalue weighted by Gasteiger charge is -2.44. The third-order valence-corrected chi connectivity index (χ3v) is 8.29. The minimum Gasteiger partial charge on any atom is -0.490 e. The van der Waals surface area contributed by atoms with Gasteiger partial charge in [-0.2, -0.15) is 0 Å². The number of carbonyl (C=O) groups excluding carboxylic acids is 4. The Morgan fingerprint density at radius 3 is 2.14 bits per heavy atom. The largest absolute Gasteiger partial charge is 0.490 e. The lowest BCUT2D eigenvalue weighted by atomic mass is 9.89. The van der Waals surface area contributed by atoms with Gasteiger partial charge in [-0.05, 0) is 47.4 Å². The van der Waals surface area contributed by atoms with E-state index in [4.69, 9.17) is 44.8 Å². The highest BCUT2D eigenvalue weighted by atomic mass is 35.5. The van der Waals surface area contributed by atoms with E-state index in [1.807, 2.05) is 30.3 Å². The first-order valence-corrected chi connectivity index (χ1v) is 16.0. The maximum absolute atomic E-state index is 14.0. The summed E-state index contributed by atoms with van der Waals surface area (Å²) in [7, 11) is 0.